The molecule has 0 aliphatic carbocycles. The fourth-order valence-electron chi connectivity index (χ4n) is 3.44. The lowest BCUT2D eigenvalue weighted by atomic mass is 10.0. The molecule has 0 aliphatic rings. The van der Waals surface area contributed by atoms with Gasteiger partial charge in [0.2, 0.25) is 0 Å². The summed E-state index contributed by atoms with van der Waals surface area (Å²) in [7, 11) is -9.85. The van der Waals surface area contributed by atoms with Crippen LogP contribution < -0.4 is 18.8 Å². The third-order valence-corrected chi connectivity index (χ3v) is 8.89. The molecule has 0 N–H and O–H groups in total. The van der Waals surface area contributed by atoms with Crippen molar-refractivity contribution < 1.29 is 37.6 Å². The van der Waals surface area contributed by atoms with Gasteiger partial charge in [-0.2, -0.15) is 0 Å². The molecule has 0 saturated carbocycles. The highest BCUT2D eigenvalue weighted by Gasteiger charge is 2.22. The van der Waals surface area contributed by atoms with Crippen molar-refractivity contribution in [2.24, 2.45) is 0 Å². The maximum absolute atomic E-state index is 12.5. The van der Waals surface area contributed by atoms with E-state index in [1.807, 2.05) is 0 Å². The number of hydrogen-bond acceptors (Lipinski definition) is 8. The highest BCUT2D eigenvalue weighted by Crippen LogP contribution is 2.53. The van der Waals surface area contributed by atoms with Crippen LogP contribution in [0.5, 0.6) is 11.5 Å². The molecule has 8 nitrogen and oxygen atoms in total. The Bertz CT molecular complexity index is 1370. The number of carbonyl (C=O) groups excluding carboxylic acids is 2. The van der Waals surface area contributed by atoms with E-state index in [4.69, 9.17) is 9.05 Å². The lowest BCUT2D eigenvalue weighted by molar-refractivity contribution is -0.199. The van der Waals surface area contributed by atoms with Gasteiger partial charge in [0.25, 0.3) is 0 Å². The van der Waals surface area contributed by atoms with Gasteiger partial charge in [-0.05, 0) is 48.5 Å². The zero-order valence-corrected chi connectivity index (χ0v) is 21.0. The monoisotopic (exact) mass is 566 g/mol. The van der Waals surface area contributed by atoms with Crippen LogP contribution in [-0.4, -0.2) is 17.5 Å². The van der Waals surface area contributed by atoms with Crippen LogP contribution in [0.4, 0.5) is 0 Å². The molecule has 0 radical (unpaired) electrons. The number of ketones is 2. The largest absolute Gasteiger partial charge is 0.769 e. The van der Waals surface area contributed by atoms with E-state index in [1.165, 1.54) is 48.5 Å². The Morgan fingerprint density at radius 3 is 1.10 bits per heavy atom. The summed E-state index contributed by atoms with van der Waals surface area (Å²) in [5.41, 5.74) is 1.55. The van der Waals surface area contributed by atoms with Gasteiger partial charge in [0.15, 0.2) is 26.8 Å². The van der Waals surface area contributed by atoms with Crippen LogP contribution in [0.3, 0.4) is 0 Å². The Morgan fingerprint density at radius 2 is 0.795 bits per heavy atom. The van der Waals surface area contributed by atoms with Crippen molar-refractivity contribution in [1.82, 2.24) is 0 Å². The standard InChI is InChI=1S/C27H22O8P2.2CH4/c28-26(20-7-3-1-4-8-20)22-11-15-24(16-12-22)34-36(30,31)19-37(32,33)35-25-17-13-23(14-18-25)27(29)21-9-5-2-6-10-21;;/h1-18H,19H2,(H,30,31)(H,32,33);2*1H4/p-2. The summed E-state index contributed by atoms with van der Waals surface area (Å²) in [5, 5.41) is 0. The van der Waals surface area contributed by atoms with E-state index in [9.17, 15) is 28.5 Å². The predicted molar refractivity (Wildman–Crippen MR) is 147 cm³/mol. The third-order valence-electron chi connectivity index (χ3n) is 5.14. The molecule has 10 heteroatoms. The Balaban J connectivity index is 0.00000267. The van der Waals surface area contributed by atoms with Crippen LogP contribution in [0.1, 0.15) is 46.7 Å². The molecule has 0 heterocycles. The van der Waals surface area contributed by atoms with E-state index in [-0.39, 0.29) is 37.9 Å². The van der Waals surface area contributed by atoms with Gasteiger partial charge in [-0.1, -0.05) is 75.5 Å². The summed E-state index contributed by atoms with van der Waals surface area (Å²) >= 11 is 0. The molecule has 0 bridgehead atoms. The molecular formula is C29H28O8P2-2. The minimum atomic E-state index is -4.92. The Morgan fingerprint density at radius 1 is 0.513 bits per heavy atom. The number of hydrogen-bond donors (Lipinski definition) is 0. The number of rotatable bonds is 10. The lowest BCUT2D eigenvalue weighted by Crippen LogP contribution is -2.18. The molecule has 0 saturated heterocycles. The second-order valence-corrected chi connectivity index (χ2v) is 11.9. The normalized spacial score (nSPS) is 13.4. The van der Waals surface area contributed by atoms with Crippen molar-refractivity contribution >= 4 is 26.8 Å². The summed E-state index contributed by atoms with van der Waals surface area (Å²) in [5.74, 6) is -2.20. The molecule has 0 amide bonds. The summed E-state index contributed by atoms with van der Waals surface area (Å²) in [6.45, 7) is 0. The van der Waals surface area contributed by atoms with Crippen LogP contribution in [0.25, 0.3) is 0 Å². The van der Waals surface area contributed by atoms with Crippen LogP contribution in [0, 0.1) is 0 Å². The van der Waals surface area contributed by atoms with Crippen LogP contribution in [-0.2, 0) is 9.13 Å². The summed E-state index contributed by atoms with van der Waals surface area (Å²) in [6.07, 6.45) is 0. The molecular weight excluding hydrogens is 538 g/mol. The maximum atomic E-state index is 12.5. The first kappa shape index (κ1) is 31.4. The molecule has 0 spiro atoms. The van der Waals surface area contributed by atoms with Crippen LogP contribution >= 0.6 is 15.2 Å². The van der Waals surface area contributed by atoms with Crippen molar-refractivity contribution in [3.63, 3.8) is 0 Å². The minimum Gasteiger partial charge on any atom is -0.769 e. The lowest BCUT2D eigenvalue weighted by Gasteiger charge is -2.31. The molecule has 0 fully saturated rings. The average molecular weight is 566 g/mol. The highest BCUT2D eigenvalue weighted by atomic mass is 31.2. The second-order valence-electron chi connectivity index (χ2n) is 7.98. The van der Waals surface area contributed by atoms with Crippen LogP contribution in [0.15, 0.2) is 109 Å². The molecule has 0 aliphatic heterocycles. The molecule has 2 atom stereocenters. The molecule has 0 aromatic heterocycles. The third kappa shape index (κ3) is 8.60. The van der Waals surface area contributed by atoms with E-state index in [0.717, 1.165) is 0 Å². The first-order chi connectivity index (χ1) is 17.6. The molecule has 2 unspecified atom stereocenters. The van der Waals surface area contributed by atoms with Crippen LogP contribution in [0.2, 0.25) is 0 Å². The Hall–Kier alpha value is -3.80. The summed E-state index contributed by atoms with van der Waals surface area (Å²) in [4.78, 5) is 49.7. The van der Waals surface area contributed by atoms with Crippen molar-refractivity contribution in [2.75, 3.05) is 5.90 Å². The maximum Gasteiger partial charge on any atom is 0.194 e. The fraction of sp³-hybridized carbons (Fsp3) is 0.103. The van der Waals surface area contributed by atoms with Gasteiger partial charge >= 0.3 is 0 Å². The molecule has 39 heavy (non-hydrogen) atoms. The number of benzene rings is 4. The van der Waals surface area contributed by atoms with Gasteiger partial charge < -0.3 is 18.8 Å². The minimum absolute atomic E-state index is 0. The number of carbonyl (C=O) groups is 2. The van der Waals surface area contributed by atoms with Crippen molar-refractivity contribution in [2.45, 2.75) is 14.9 Å². The Kier molecular flexibility index (Phi) is 10.7. The zero-order valence-electron chi connectivity index (χ0n) is 19.3. The first-order valence-corrected chi connectivity index (χ1v) is 14.5. The van der Waals surface area contributed by atoms with E-state index in [0.29, 0.717) is 22.3 Å². The average Bonchev–Trinajstić information content (AvgIpc) is 2.88. The van der Waals surface area contributed by atoms with Crippen molar-refractivity contribution in [3.05, 3.63) is 131 Å². The van der Waals surface area contributed by atoms with E-state index in [2.05, 4.69) is 0 Å². The molecule has 4 rings (SSSR count). The summed E-state index contributed by atoms with van der Waals surface area (Å²) < 4.78 is 34.6. The topological polar surface area (TPSA) is 133 Å². The first-order valence-electron chi connectivity index (χ1n) is 11.0. The van der Waals surface area contributed by atoms with Gasteiger partial charge in [-0.15, -0.1) is 0 Å². The van der Waals surface area contributed by atoms with Gasteiger partial charge in [0, 0.05) is 22.3 Å². The van der Waals surface area contributed by atoms with E-state index in [1.54, 1.807) is 60.7 Å². The van der Waals surface area contributed by atoms with E-state index >= 15 is 0 Å². The highest BCUT2D eigenvalue weighted by molar-refractivity contribution is 7.69. The summed E-state index contributed by atoms with van der Waals surface area (Å²) in [6, 6.07) is 27.6. The van der Waals surface area contributed by atoms with E-state index < -0.39 is 21.1 Å². The van der Waals surface area contributed by atoms with Gasteiger partial charge in [-0.25, -0.2) is 0 Å². The fourth-order valence-corrected chi connectivity index (χ4v) is 6.48. The van der Waals surface area contributed by atoms with Crippen molar-refractivity contribution in [1.29, 1.82) is 0 Å². The van der Waals surface area contributed by atoms with Gasteiger partial charge in [0.1, 0.15) is 11.5 Å². The zero-order chi connectivity index (χ0) is 26.5. The SMILES string of the molecule is C.C.O=C(c1ccccc1)c1ccc(OP(=O)([O-])CP(=O)([O-])Oc2ccc(C(=O)c3ccccc3)cc2)cc1. The molecule has 4 aromatic rings. The molecule has 4 aromatic carbocycles. The Labute approximate surface area is 228 Å². The quantitative estimate of drug-likeness (QED) is 0.170. The smallest absolute Gasteiger partial charge is 0.194 e. The predicted octanol–water partition coefficient (Wildman–Crippen LogP) is 5.94. The molecule has 204 valence electrons. The van der Waals surface area contributed by atoms with Gasteiger partial charge in [0.05, 0.1) is 5.90 Å². The van der Waals surface area contributed by atoms with Crippen molar-refractivity contribution in [3.8, 4) is 11.5 Å². The van der Waals surface area contributed by atoms with Gasteiger partial charge in [-0.3, -0.25) is 18.7 Å². The second kappa shape index (κ2) is 13.3.